The largest absolute Gasteiger partial charge is 0.478 e. The van der Waals surface area contributed by atoms with E-state index in [1.165, 1.54) is 12.3 Å². The van der Waals surface area contributed by atoms with Gasteiger partial charge in [-0.25, -0.2) is 18.6 Å². The Labute approximate surface area is 116 Å². The van der Waals surface area contributed by atoms with E-state index in [2.05, 4.69) is 4.98 Å². The molecule has 1 aromatic carbocycles. The van der Waals surface area contributed by atoms with Gasteiger partial charge in [0, 0.05) is 6.20 Å². The molecule has 1 heterocycles. The van der Waals surface area contributed by atoms with Gasteiger partial charge < -0.3 is 5.11 Å². The van der Waals surface area contributed by atoms with E-state index in [0.29, 0.717) is 0 Å². The summed E-state index contributed by atoms with van der Waals surface area (Å²) in [6.45, 7) is 0. The molecule has 19 heavy (non-hydrogen) atoms. The van der Waals surface area contributed by atoms with Gasteiger partial charge in [-0.1, -0.05) is 23.4 Å². The molecule has 7 heteroatoms. The van der Waals surface area contributed by atoms with Crippen molar-refractivity contribution >= 4 is 29.3 Å². The second kappa shape index (κ2) is 5.54. The van der Waals surface area contributed by atoms with Crippen LogP contribution in [0.25, 0.3) is 0 Å². The van der Waals surface area contributed by atoms with Crippen molar-refractivity contribution in [3.8, 4) is 0 Å². The fraction of sp³-hybridized carbons (Fsp3) is 0. The van der Waals surface area contributed by atoms with Crippen LogP contribution >= 0.6 is 23.4 Å². The van der Waals surface area contributed by atoms with Gasteiger partial charge in [0.2, 0.25) is 0 Å². The molecule has 0 saturated heterocycles. The summed E-state index contributed by atoms with van der Waals surface area (Å²) in [6.07, 6.45) is 1.24. The SMILES string of the molecule is O=C(O)c1ccnc(Sc2cc(F)ccc2F)c1Cl. The van der Waals surface area contributed by atoms with Crippen LogP contribution in [0.5, 0.6) is 0 Å². The maximum absolute atomic E-state index is 13.5. The Bertz CT molecular complexity index is 652. The first kappa shape index (κ1) is 13.8. The molecule has 0 aliphatic carbocycles. The third-order valence-electron chi connectivity index (χ3n) is 2.19. The summed E-state index contributed by atoms with van der Waals surface area (Å²) in [5.74, 6) is -2.45. The molecule has 1 aromatic heterocycles. The first-order chi connectivity index (χ1) is 8.99. The minimum absolute atomic E-state index is 0.0167. The summed E-state index contributed by atoms with van der Waals surface area (Å²) in [5.41, 5.74) is -0.143. The molecule has 1 N–H and O–H groups in total. The number of aromatic nitrogens is 1. The molecular weight excluding hydrogens is 296 g/mol. The number of hydrogen-bond acceptors (Lipinski definition) is 3. The molecular formula is C12H6ClF2NO2S. The van der Waals surface area contributed by atoms with Crippen LogP contribution in [0.2, 0.25) is 5.02 Å². The quantitative estimate of drug-likeness (QED) is 0.935. The van der Waals surface area contributed by atoms with E-state index in [1.807, 2.05) is 0 Å². The zero-order chi connectivity index (χ0) is 14.0. The number of carbonyl (C=O) groups is 1. The number of pyridine rings is 1. The summed E-state index contributed by atoms with van der Waals surface area (Å²) in [6, 6.07) is 4.19. The van der Waals surface area contributed by atoms with E-state index in [0.717, 1.165) is 30.0 Å². The van der Waals surface area contributed by atoms with Crippen molar-refractivity contribution in [1.82, 2.24) is 4.98 Å². The number of nitrogens with zero attached hydrogens (tertiary/aromatic N) is 1. The Kier molecular flexibility index (Phi) is 4.01. The highest BCUT2D eigenvalue weighted by molar-refractivity contribution is 7.99. The standard InChI is InChI=1S/C12H6ClF2NO2S/c13-10-7(12(17)18)3-4-16-11(10)19-9-5-6(14)1-2-8(9)15/h1-5H,(H,17,18). The van der Waals surface area contributed by atoms with Gasteiger partial charge in [-0.15, -0.1) is 0 Å². The fourth-order valence-corrected chi connectivity index (χ4v) is 2.49. The number of benzene rings is 1. The summed E-state index contributed by atoms with van der Waals surface area (Å²) < 4.78 is 26.5. The molecule has 0 unspecified atom stereocenters. The maximum atomic E-state index is 13.5. The van der Waals surface area contributed by atoms with E-state index < -0.39 is 17.6 Å². The lowest BCUT2D eigenvalue weighted by atomic mass is 10.3. The molecule has 2 rings (SSSR count). The van der Waals surface area contributed by atoms with E-state index in [4.69, 9.17) is 16.7 Å². The summed E-state index contributed by atoms with van der Waals surface area (Å²) in [4.78, 5) is 14.7. The van der Waals surface area contributed by atoms with Crippen molar-refractivity contribution in [1.29, 1.82) is 0 Å². The highest BCUT2D eigenvalue weighted by atomic mass is 35.5. The number of carboxylic acids is 1. The minimum Gasteiger partial charge on any atom is -0.478 e. The van der Waals surface area contributed by atoms with Gasteiger partial charge in [-0.3, -0.25) is 0 Å². The number of aromatic carboxylic acids is 1. The highest BCUT2D eigenvalue weighted by Crippen LogP contribution is 2.34. The molecule has 0 spiro atoms. The second-order valence-electron chi connectivity index (χ2n) is 3.46. The summed E-state index contributed by atoms with van der Waals surface area (Å²) in [7, 11) is 0. The number of halogens is 3. The Morgan fingerprint density at radius 3 is 2.74 bits per heavy atom. The number of hydrogen-bond donors (Lipinski definition) is 1. The normalized spacial score (nSPS) is 10.5. The zero-order valence-corrected chi connectivity index (χ0v) is 10.8. The van der Waals surface area contributed by atoms with Gasteiger partial charge in [0.1, 0.15) is 16.7 Å². The molecule has 0 bridgehead atoms. The van der Waals surface area contributed by atoms with Crippen molar-refractivity contribution in [3.63, 3.8) is 0 Å². The maximum Gasteiger partial charge on any atom is 0.337 e. The molecule has 0 fully saturated rings. The van der Waals surface area contributed by atoms with Crippen LogP contribution in [-0.2, 0) is 0 Å². The highest BCUT2D eigenvalue weighted by Gasteiger charge is 2.15. The van der Waals surface area contributed by atoms with Crippen molar-refractivity contribution in [2.24, 2.45) is 0 Å². The third-order valence-corrected chi connectivity index (χ3v) is 3.72. The first-order valence-electron chi connectivity index (χ1n) is 4.99. The van der Waals surface area contributed by atoms with E-state index in [-0.39, 0.29) is 20.5 Å². The molecule has 0 amide bonds. The molecule has 0 aliphatic heterocycles. The lowest BCUT2D eigenvalue weighted by Crippen LogP contribution is -1.99. The molecule has 0 radical (unpaired) electrons. The van der Waals surface area contributed by atoms with Gasteiger partial charge in [0.05, 0.1) is 15.5 Å². The smallest absolute Gasteiger partial charge is 0.337 e. The molecule has 0 atom stereocenters. The Morgan fingerprint density at radius 2 is 2.05 bits per heavy atom. The van der Waals surface area contributed by atoms with Crippen LogP contribution in [0.3, 0.4) is 0 Å². The average molecular weight is 302 g/mol. The van der Waals surface area contributed by atoms with Crippen molar-refractivity contribution in [2.45, 2.75) is 9.92 Å². The van der Waals surface area contributed by atoms with Crippen LogP contribution < -0.4 is 0 Å². The lowest BCUT2D eigenvalue weighted by Gasteiger charge is -2.06. The Balaban J connectivity index is 2.41. The number of rotatable bonds is 3. The van der Waals surface area contributed by atoms with Crippen molar-refractivity contribution in [3.05, 3.63) is 52.7 Å². The monoisotopic (exact) mass is 301 g/mol. The van der Waals surface area contributed by atoms with E-state index >= 15 is 0 Å². The van der Waals surface area contributed by atoms with Crippen LogP contribution in [0.1, 0.15) is 10.4 Å². The predicted molar refractivity (Wildman–Crippen MR) is 66.7 cm³/mol. The van der Waals surface area contributed by atoms with Gasteiger partial charge in [0.15, 0.2) is 0 Å². The number of carboxylic acid groups (broad SMARTS) is 1. The second-order valence-corrected chi connectivity index (χ2v) is 4.87. The Morgan fingerprint density at radius 1 is 1.32 bits per heavy atom. The topological polar surface area (TPSA) is 50.2 Å². The lowest BCUT2D eigenvalue weighted by molar-refractivity contribution is 0.0696. The van der Waals surface area contributed by atoms with Gasteiger partial charge >= 0.3 is 5.97 Å². The minimum atomic E-state index is -1.21. The van der Waals surface area contributed by atoms with Crippen LogP contribution in [0, 0.1) is 11.6 Å². The molecule has 3 nitrogen and oxygen atoms in total. The van der Waals surface area contributed by atoms with Crippen LogP contribution in [0.4, 0.5) is 8.78 Å². The Hall–Kier alpha value is -1.66. The van der Waals surface area contributed by atoms with Gasteiger partial charge in [0.25, 0.3) is 0 Å². The summed E-state index contributed by atoms with van der Waals surface area (Å²) in [5, 5.41) is 8.89. The molecule has 98 valence electrons. The molecule has 0 saturated carbocycles. The fourth-order valence-electron chi connectivity index (χ4n) is 1.32. The van der Waals surface area contributed by atoms with E-state index in [9.17, 15) is 13.6 Å². The van der Waals surface area contributed by atoms with Crippen LogP contribution in [0.15, 0.2) is 40.4 Å². The average Bonchev–Trinajstić information content (AvgIpc) is 2.36. The summed E-state index contributed by atoms with van der Waals surface area (Å²) >= 11 is 6.63. The van der Waals surface area contributed by atoms with E-state index in [1.54, 1.807) is 0 Å². The molecule has 0 aliphatic rings. The predicted octanol–water partition coefficient (Wildman–Crippen LogP) is 3.86. The molecule has 2 aromatic rings. The van der Waals surface area contributed by atoms with Crippen molar-refractivity contribution < 1.29 is 18.7 Å². The van der Waals surface area contributed by atoms with Gasteiger partial charge in [-0.2, -0.15) is 0 Å². The van der Waals surface area contributed by atoms with Crippen molar-refractivity contribution in [2.75, 3.05) is 0 Å². The first-order valence-corrected chi connectivity index (χ1v) is 6.19. The van der Waals surface area contributed by atoms with Crippen LogP contribution in [-0.4, -0.2) is 16.1 Å². The third kappa shape index (κ3) is 3.02. The zero-order valence-electron chi connectivity index (χ0n) is 9.23. The van der Waals surface area contributed by atoms with Gasteiger partial charge in [-0.05, 0) is 24.3 Å².